The minimum absolute atomic E-state index is 0.0762. The lowest BCUT2D eigenvalue weighted by atomic mass is 10.3. The van der Waals surface area contributed by atoms with Crippen molar-refractivity contribution in [3.05, 3.63) is 17.3 Å². The Morgan fingerprint density at radius 1 is 1.64 bits per heavy atom. The van der Waals surface area contributed by atoms with Gasteiger partial charge in [0.2, 0.25) is 5.76 Å². The van der Waals surface area contributed by atoms with Crippen LogP contribution < -0.4 is 5.32 Å². The van der Waals surface area contributed by atoms with Crippen LogP contribution in [0.15, 0.2) is 4.42 Å². The third-order valence-electron chi connectivity index (χ3n) is 1.72. The first kappa shape index (κ1) is 11.2. The molecule has 0 aromatic carbocycles. The first-order valence-electron chi connectivity index (χ1n) is 4.35. The van der Waals surface area contributed by atoms with Crippen molar-refractivity contribution in [3.63, 3.8) is 0 Å². The number of nitrogens with one attached hydrogen (secondary N) is 1. The molecule has 1 aromatic heterocycles. The van der Waals surface area contributed by atoms with Gasteiger partial charge in [-0.1, -0.05) is 15.9 Å². The summed E-state index contributed by atoms with van der Waals surface area (Å²) in [5.41, 5.74) is 0.627. The van der Waals surface area contributed by atoms with Gasteiger partial charge in [-0.15, -0.1) is 0 Å². The Morgan fingerprint density at radius 3 is 2.71 bits per heavy atom. The predicted octanol–water partition coefficient (Wildman–Crippen LogP) is 1.80. The molecule has 1 heterocycles. The molecule has 1 atom stereocenters. The highest BCUT2D eigenvalue weighted by atomic mass is 79.9. The quantitative estimate of drug-likeness (QED) is 0.844. The van der Waals surface area contributed by atoms with Crippen LogP contribution in [0.1, 0.15) is 29.1 Å². The monoisotopic (exact) mass is 260 g/mol. The molecule has 0 bridgehead atoms. The van der Waals surface area contributed by atoms with Gasteiger partial charge in [-0.05, 0) is 13.8 Å². The maximum absolute atomic E-state index is 11.6. The van der Waals surface area contributed by atoms with E-state index in [0.717, 1.165) is 0 Å². The predicted molar refractivity (Wildman–Crippen MR) is 56.7 cm³/mol. The second-order valence-corrected chi connectivity index (χ2v) is 3.82. The Kier molecular flexibility index (Phi) is 3.69. The van der Waals surface area contributed by atoms with E-state index in [1.165, 1.54) is 0 Å². The molecule has 0 aliphatic carbocycles. The van der Waals surface area contributed by atoms with Crippen LogP contribution in [0.5, 0.6) is 0 Å². The Labute approximate surface area is 91.2 Å². The van der Waals surface area contributed by atoms with Crippen LogP contribution in [-0.4, -0.2) is 22.3 Å². The van der Waals surface area contributed by atoms with E-state index in [0.29, 0.717) is 22.7 Å². The van der Waals surface area contributed by atoms with Gasteiger partial charge in [0.1, 0.15) is 0 Å². The molecule has 0 saturated carbocycles. The summed E-state index contributed by atoms with van der Waals surface area (Å²) in [4.78, 5) is 15.6. The summed E-state index contributed by atoms with van der Waals surface area (Å²) in [7, 11) is 0. The normalized spacial score (nSPS) is 12.6. The maximum Gasteiger partial charge on any atom is 0.289 e. The molecule has 0 spiro atoms. The van der Waals surface area contributed by atoms with E-state index in [1.54, 1.807) is 13.8 Å². The summed E-state index contributed by atoms with van der Waals surface area (Å²) in [6, 6.07) is 0.0762. The highest BCUT2D eigenvalue weighted by Gasteiger charge is 2.16. The van der Waals surface area contributed by atoms with Crippen molar-refractivity contribution in [1.29, 1.82) is 0 Å². The average molecular weight is 261 g/mol. The zero-order valence-corrected chi connectivity index (χ0v) is 10.0. The van der Waals surface area contributed by atoms with E-state index in [-0.39, 0.29) is 11.9 Å². The third-order valence-corrected chi connectivity index (χ3v) is 2.69. The third kappa shape index (κ3) is 2.57. The molecule has 1 N–H and O–H groups in total. The van der Waals surface area contributed by atoms with E-state index in [4.69, 9.17) is 4.42 Å². The van der Waals surface area contributed by atoms with Crippen LogP contribution >= 0.6 is 15.9 Å². The number of carbonyl (C=O) groups excluding carboxylic acids is 1. The number of alkyl halides is 1. The number of amides is 1. The van der Waals surface area contributed by atoms with Crippen LogP contribution in [0.2, 0.25) is 0 Å². The van der Waals surface area contributed by atoms with Crippen LogP contribution in [0.25, 0.3) is 0 Å². The molecule has 14 heavy (non-hydrogen) atoms. The fourth-order valence-electron chi connectivity index (χ4n) is 1.07. The van der Waals surface area contributed by atoms with Gasteiger partial charge in [-0.25, -0.2) is 4.98 Å². The first-order valence-corrected chi connectivity index (χ1v) is 5.47. The zero-order valence-electron chi connectivity index (χ0n) is 8.43. The molecule has 0 radical (unpaired) electrons. The van der Waals surface area contributed by atoms with Crippen molar-refractivity contribution >= 4 is 21.8 Å². The van der Waals surface area contributed by atoms with Crippen molar-refractivity contribution < 1.29 is 9.21 Å². The number of hydrogen-bond donors (Lipinski definition) is 1. The molecule has 5 heteroatoms. The van der Waals surface area contributed by atoms with Crippen molar-refractivity contribution in [2.45, 2.75) is 26.8 Å². The smallest absolute Gasteiger partial charge is 0.289 e. The highest BCUT2D eigenvalue weighted by Crippen LogP contribution is 2.09. The molecule has 1 unspecified atom stereocenters. The molecule has 0 saturated heterocycles. The van der Waals surface area contributed by atoms with Crippen molar-refractivity contribution in [3.8, 4) is 0 Å². The largest absolute Gasteiger partial charge is 0.436 e. The number of aromatic nitrogens is 1. The van der Waals surface area contributed by atoms with E-state index in [2.05, 4.69) is 26.2 Å². The maximum atomic E-state index is 11.6. The highest BCUT2D eigenvalue weighted by molar-refractivity contribution is 9.09. The van der Waals surface area contributed by atoms with Gasteiger partial charge in [-0.2, -0.15) is 0 Å². The molecule has 0 fully saturated rings. The van der Waals surface area contributed by atoms with Crippen LogP contribution in [-0.2, 0) is 0 Å². The minimum atomic E-state index is -0.213. The number of rotatable bonds is 3. The second kappa shape index (κ2) is 4.59. The Bertz CT molecular complexity index is 336. The first-order chi connectivity index (χ1) is 6.54. The summed E-state index contributed by atoms with van der Waals surface area (Å²) in [6.45, 7) is 5.38. The summed E-state index contributed by atoms with van der Waals surface area (Å²) >= 11 is 3.28. The lowest BCUT2D eigenvalue weighted by Crippen LogP contribution is -2.33. The number of halogens is 1. The molecule has 0 aliphatic rings. The zero-order chi connectivity index (χ0) is 10.7. The molecule has 1 amide bonds. The lowest BCUT2D eigenvalue weighted by molar-refractivity contribution is 0.0914. The fraction of sp³-hybridized carbons (Fsp3) is 0.556. The summed E-state index contributed by atoms with van der Waals surface area (Å²) in [6.07, 6.45) is 0. The van der Waals surface area contributed by atoms with E-state index in [1.807, 2.05) is 6.92 Å². The standard InChI is InChI=1S/C9H13BrN2O2/c1-5(4-10)11-9(13)8-6(2)12-7(3)14-8/h5H,4H2,1-3H3,(H,11,13). The van der Waals surface area contributed by atoms with Crippen LogP contribution in [0, 0.1) is 13.8 Å². The number of oxazole rings is 1. The Morgan fingerprint density at radius 2 is 2.29 bits per heavy atom. The van der Waals surface area contributed by atoms with Crippen LogP contribution in [0.3, 0.4) is 0 Å². The molecule has 1 aromatic rings. The van der Waals surface area contributed by atoms with E-state index in [9.17, 15) is 4.79 Å². The second-order valence-electron chi connectivity index (χ2n) is 3.18. The number of hydrogen-bond acceptors (Lipinski definition) is 3. The molecule has 0 aliphatic heterocycles. The number of aryl methyl sites for hydroxylation is 2. The number of nitrogens with zero attached hydrogens (tertiary/aromatic N) is 1. The van der Waals surface area contributed by atoms with Gasteiger partial charge in [0.25, 0.3) is 5.91 Å². The molecular formula is C9H13BrN2O2. The van der Waals surface area contributed by atoms with Gasteiger partial charge in [0.15, 0.2) is 5.89 Å². The van der Waals surface area contributed by atoms with Gasteiger partial charge in [-0.3, -0.25) is 4.79 Å². The van der Waals surface area contributed by atoms with Gasteiger partial charge >= 0.3 is 0 Å². The Balaban J connectivity index is 2.74. The van der Waals surface area contributed by atoms with Crippen molar-refractivity contribution in [1.82, 2.24) is 10.3 Å². The average Bonchev–Trinajstić information content (AvgIpc) is 2.45. The minimum Gasteiger partial charge on any atom is -0.436 e. The molecule has 4 nitrogen and oxygen atoms in total. The summed E-state index contributed by atoms with van der Waals surface area (Å²) < 4.78 is 5.18. The van der Waals surface area contributed by atoms with Crippen molar-refractivity contribution in [2.24, 2.45) is 0 Å². The van der Waals surface area contributed by atoms with Crippen molar-refractivity contribution in [2.75, 3.05) is 5.33 Å². The van der Waals surface area contributed by atoms with E-state index < -0.39 is 0 Å². The van der Waals surface area contributed by atoms with Gasteiger partial charge < -0.3 is 9.73 Å². The molecule has 78 valence electrons. The van der Waals surface area contributed by atoms with Gasteiger partial charge in [0.05, 0.1) is 5.69 Å². The fourth-order valence-corrected chi connectivity index (χ4v) is 1.23. The SMILES string of the molecule is Cc1nc(C)c(C(=O)NC(C)CBr)o1. The Hall–Kier alpha value is -0.840. The topological polar surface area (TPSA) is 55.1 Å². The van der Waals surface area contributed by atoms with Gasteiger partial charge in [0, 0.05) is 18.3 Å². The van der Waals surface area contributed by atoms with E-state index >= 15 is 0 Å². The number of carbonyl (C=O) groups is 1. The summed E-state index contributed by atoms with van der Waals surface area (Å²) in [5, 5.41) is 3.49. The molecule has 1 rings (SSSR count). The summed E-state index contributed by atoms with van der Waals surface area (Å²) in [5.74, 6) is 0.601. The lowest BCUT2D eigenvalue weighted by Gasteiger charge is -2.08. The molecular weight excluding hydrogens is 248 g/mol. The van der Waals surface area contributed by atoms with Crippen LogP contribution in [0.4, 0.5) is 0 Å².